The summed E-state index contributed by atoms with van der Waals surface area (Å²) >= 11 is 0. The summed E-state index contributed by atoms with van der Waals surface area (Å²) in [7, 11) is 0. The van der Waals surface area contributed by atoms with E-state index in [2.05, 4.69) is 9.97 Å². The summed E-state index contributed by atoms with van der Waals surface area (Å²) in [6, 6.07) is 5.57. The summed E-state index contributed by atoms with van der Waals surface area (Å²) < 4.78 is 0. The van der Waals surface area contributed by atoms with Crippen molar-refractivity contribution in [2.75, 3.05) is 5.73 Å². The number of nitrogen functional groups attached to an aromatic ring is 1. The molecule has 0 fully saturated rings. The maximum absolute atomic E-state index is 5.57. The van der Waals surface area contributed by atoms with Gasteiger partial charge in [0.25, 0.3) is 0 Å². The third kappa shape index (κ3) is 1.34. The summed E-state index contributed by atoms with van der Waals surface area (Å²) in [5.74, 6) is 0. The quantitative estimate of drug-likeness (QED) is 0.600. The van der Waals surface area contributed by atoms with Crippen LogP contribution in [0.25, 0.3) is 10.9 Å². The number of benzene rings is 1. The Bertz CT molecular complexity index is 384. The first-order valence-corrected chi connectivity index (χ1v) is 3.31. The number of fused-ring (bicyclic) bond motifs is 1. The second-order valence-corrected chi connectivity index (χ2v) is 2.34. The van der Waals surface area contributed by atoms with Crippen LogP contribution in [-0.4, -0.2) is 9.97 Å². The molecule has 12 heavy (non-hydrogen) atoms. The van der Waals surface area contributed by atoms with E-state index in [4.69, 9.17) is 5.73 Å². The predicted molar refractivity (Wildman–Crippen MR) is 50.7 cm³/mol. The normalized spacial score (nSPS) is 9.33. The average Bonchev–Trinajstić information content (AvgIpc) is 2.04. The molecule has 3 nitrogen and oxygen atoms in total. The lowest BCUT2D eigenvalue weighted by Gasteiger charge is -1.95. The topological polar surface area (TPSA) is 51.8 Å². The Kier molecular flexibility index (Phi) is 2.24. The van der Waals surface area contributed by atoms with E-state index in [9.17, 15) is 0 Å². The fourth-order valence-electron chi connectivity index (χ4n) is 1.00. The molecular formula is C9H11N3. The summed E-state index contributed by atoms with van der Waals surface area (Å²) in [5.41, 5.74) is 7.24. The van der Waals surface area contributed by atoms with Crippen molar-refractivity contribution in [2.24, 2.45) is 0 Å². The number of rotatable bonds is 0. The molecule has 0 unspecified atom stereocenters. The minimum atomic E-state index is 0. The van der Waals surface area contributed by atoms with Crippen LogP contribution in [0.1, 0.15) is 7.43 Å². The van der Waals surface area contributed by atoms with Crippen LogP contribution in [0.15, 0.2) is 30.7 Å². The highest BCUT2D eigenvalue weighted by Gasteiger charge is 1.92. The van der Waals surface area contributed by atoms with Crippen molar-refractivity contribution >= 4 is 16.6 Å². The molecule has 62 valence electrons. The highest BCUT2D eigenvalue weighted by atomic mass is 14.8. The van der Waals surface area contributed by atoms with Gasteiger partial charge >= 0.3 is 0 Å². The summed E-state index contributed by atoms with van der Waals surface area (Å²) in [6.45, 7) is 0. The molecule has 2 N–H and O–H groups in total. The molecule has 0 radical (unpaired) electrons. The van der Waals surface area contributed by atoms with Crippen molar-refractivity contribution in [1.82, 2.24) is 9.97 Å². The van der Waals surface area contributed by atoms with Crippen LogP contribution < -0.4 is 5.73 Å². The average molecular weight is 161 g/mol. The van der Waals surface area contributed by atoms with Crippen LogP contribution in [0.4, 0.5) is 5.69 Å². The molecule has 0 amide bonds. The van der Waals surface area contributed by atoms with Crippen LogP contribution in [0.5, 0.6) is 0 Å². The van der Waals surface area contributed by atoms with Crippen LogP contribution in [-0.2, 0) is 0 Å². The first-order valence-electron chi connectivity index (χ1n) is 3.31. The van der Waals surface area contributed by atoms with Gasteiger partial charge in [-0.25, -0.2) is 9.97 Å². The first kappa shape index (κ1) is 8.46. The number of hydrogen-bond donors (Lipinski definition) is 1. The van der Waals surface area contributed by atoms with Crippen molar-refractivity contribution in [3.05, 3.63) is 30.7 Å². The highest BCUT2D eigenvalue weighted by Crippen LogP contribution is 2.12. The lowest BCUT2D eigenvalue weighted by Crippen LogP contribution is -1.85. The molecule has 0 saturated carbocycles. The molecule has 0 aliphatic carbocycles. The van der Waals surface area contributed by atoms with Gasteiger partial charge in [-0.05, 0) is 18.2 Å². The Balaban J connectivity index is 0.000000720. The number of nitrogens with zero attached hydrogens (tertiary/aromatic N) is 2. The Morgan fingerprint density at radius 2 is 2.08 bits per heavy atom. The number of anilines is 1. The van der Waals surface area contributed by atoms with E-state index in [0.29, 0.717) is 0 Å². The van der Waals surface area contributed by atoms with E-state index in [1.165, 1.54) is 6.33 Å². The van der Waals surface area contributed by atoms with Gasteiger partial charge < -0.3 is 5.73 Å². The van der Waals surface area contributed by atoms with Crippen LogP contribution >= 0.6 is 0 Å². The second kappa shape index (κ2) is 3.17. The maximum Gasteiger partial charge on any atom is 0.116 e. The Hall–Kier alpha value is -1.64. The molecule has 0 saturated heterocycles. The zero-order valence-electron chi connectivity index (χ0n) is 5.86. The lowest BCUT2D eigenvalue weighted by atomic mass is 10.2. The zero-order valence-corrected chi connectivity index (χ0v) is 5.86. The van der Waals surface area contributed by atoms with E-state index in [0.717, 1.165) is 16.6 Å². The van der Waals surface area contributed by atoms with Gasteiger partial charge in [0, 0.05) is 17.3 Å². The molecule has 0 aliphatic heterocycles. The van der Waals surface area contributed by atoms with Crippen LogP contribution in [0, 0.1) is 0 Å². The van der Waals surface area contributed by atoms with Gasteiger partial charge in [0.15, 0.2) is 0 Å². The first-order chi connectivity index (χ1) is 5.36. The largest absolute Gasteiger partial charge is 0.399 e. The summed E-state index contributed by atoms with van der Waals surface area (Å²) in [6.07, 6.45) is 3.28. The minimum absolute atomic E-state index is 0. The Morgan fingerprint density at radius 3 is 2.92 bits per heavy atom. The molecule has 0 spiro atoms. The van der Waals surface area contributed by atoms with Gasteiger partial charge in [0.1, 0.15) is 6.33 Å². The van der Waals surface area contributed by atoms with E-state index in [1.54, 1.807) is 6.20 Å². The molecule has 1 heterocycles. The monoisotopic (exact) mass is 161 g/mol. The zero-order chi connectivity index (χ0) is 7.68. The fraction of sp³-hybridized carbons (Fsp3) is 0.111. The Morgan fingerprint density at radius 1 is 1.25 bits per heavy atom. The summed E-state index contributed by atoms with van der Waals surface area (Å²) in [5, 5.41) is 0.979. The molecule has 1 aromatic heterocycles. The standard InChI is InChI=1S/C8H7N3.CH4/c9-7-1-2-8-6(3-7)4-10-5-11-8;/h1-5H,9H2;1H4. The van der Waals surface area contributed by atoms with E-state index in [-0.39, 0.29) is 7.43 Å². The van der Waals surface area contributed by atoms with Crippen molar-refractivity contribution in [3.8, 4) is 0 Å². The van der Waals surface area contributed by atoms with Crippen molar-refractivity contribution in [1.29, 1.82) is 0 Å². The van der Waals surface area contributed by atoms with Gasteiger partial charge in [-0.3, -0.25) is 0 Å². The molecule has 0 atom stereocenters. The molecular weight excluding hydrogens is 150 g/mol. The van der Waals surface area contributed by atoms with Crippen molar-refractivity contribution < 1.29 is 0 Å². The van der Waals surface area contributed by atoms with Gasteiger partial charge in [0.05, 0.1) is 5.52 Å². The van der Waals surface area contributed by atoms with Crippen molar-refractivity contribution in [2.45, 2.75) is 7.43 Å². The van der Waals surface area contributed by atoms with Crippen molar-refractivity contribution in [3.63, 3.8) is 0 Å². The fourth-order valence-corrected chi connectivity index (χ4v) is 1.00. The molecule has 3 heteroatoms. The molecule has 2 aromatic rings. The van der Waals surface area contributed by atoms with E-state index in [1.807, 2.05) is 18.2 Å². The van der Waals surface area contributed by atoms with Gasteiger partial charge in [-0.1, -0.05) is 7.43 Å². The van der Waals surface area contributed by atoms with Gasteiger partial charge in [-0.15, -0.1) is 0 Å². The number of aromatic nitrogens is 2. The minimum Gasteiger partial charge on any atom is -0.399 e. The Labute approximate surface area is 71.3 Å². The van der Waals surface area contributed by atoms with Crippen LogP contribution in [0.2, 0.25) is 0 Å². The van der Waals surface area contributed by atoms with E-state index < -0.39 is 0 Å². The smallest absolute Gasteiger partial charge is 0.116 e. The lowest BCUT2D eigenvalue weighted by molar-refractivity contribution is 1.22. The van der Waals surface area contributed by atoms with Gasteiger partial charge in [0.2, 0.25) is 0 Å². The number of hydrogen-bond acceptors (Lipinski definition) is 3. The molecule has 0 aliphatic rings. The maximum atomic E-state index is 5.57. The molecule has 0 bridgehead atoms. The third-order valence-corrected chi connectivity index (χ3v) is 1.53. The van der Waals surface area contributed by atoms with Crippen LogP contribution in [0.3, 0.4) is 0 Å². The molecule has 2 rings (SSSR count). The molecule has 1 aromatic carbocycles. The second-order valence-electron chi connectivity index (χ2n) is 2.34. The highest BCUT2D eigenvalue weighted by molar-refractivity contribution is 5.80. The van der Waals surface area contributed by atoms with Gasteiger partial charge in [-0.2, -0.15) is 0 Å². The third-order valence-electron chi connectivity index (χ3n) is 1.53. The summed E-state index contributed by atoms with van der Waals surface area (Å²) in [4.78, 5) is 7.94. The SMILES string of the molecule is C.Nc1ccc2ncncc2c1. The van der Waals surface area contributed by atoms with E-state index >= 15 is 0 Å². The number of nitrogens with two attached hydrogens (primary N) is 1. The predicted octanol–water partition coefficient (Wildman–Crippen LogP) is 1.85.